The van der Waals surface area contributed by atoms with Crippen molar-refractivity contribution < 1.29 is 14.7 Å². The fraction of sp³-hybridized carbons (Fsp3) is 0.545. The van der Waals surface area contributed by atoms with Crippen molar-refractivity contribution in [2.45, 2.75) is 38.8 Å². The quantitative estimate of drug-likeness (QED) is 0.603. The Labute approximate surface area is 105 Å². The molecule has 0 radical (unpaired) electrons. The van der Waals surface area contributed by atoms with E-state index in [4.69, 9.17) is 5.11 Å². The standard InChI is InChI=1S/C11H18N4O3/c1-3-4-11(2,9(16)17)15-10(18)12-5-8-6-13-14-7-8/h6-7H,3-5H2,1-2H3,(H,13,14)(H,16,17)(H2,12,15,18). The summed E-state index contributed by atoms with van der Waals surface area (Å²) in [6.07, 6.45) is 4.29. The Kier molecular flexibility index (Phi) is 4.70. The average Bonchev–Trinajstić information content (AvgIpc) is 2.79. The van der Waals surface area contributed by atoms with E-state index in [0.29, 0.717) is 19.4 Å². The predicted octanol–water partition coefficient (Wildman–Crippen LogP) is 0.852. The van der Waals surface area contributed by atoms with Gasteiger partial charge < -0.3 is 15.7 Å². The molecule has 1 unspecified atom stereocenters. The summed E-state index contributed by atoms with van der Waals surface area (Å²) >= 11 is 0. The minimum absolute atomic E-state index is 0.296. The van der Waals surface area contributed by atoms with Crippen LogP contribution in [0.5, 0.6) is 0 Å². The lowest BCUT2D eigenvalue weighted by Crippen LogP contribution is -2.55. The van der Waals surface area contributed by atoms with Gasteiger partial charge in [0.15, 0.2) is 0 Å². The van der Waals surface area contributed by atoms with Crippen LogP contribution >= 0.6 is 0 Å². The van der Waals surface area contributed by atoms with Crippen LogP contribution in [0.1, 0.15) is 32.3 Å². The van der Waals surface area contributed by atoms with E-state index < -0.39 is 17.5 Å². The number of nitrogens with zero attached hydrogens (tertiary/aromatic N) is 1. The molecule has 0 fully saturated rings. The third-order valence-electron chi connectivity index (χ3n) is 2.62. The lowest BCUT2D eigenvalue weighted by Gasteiger charge is -2.25. The topological polar surface area (TPSA) is 107 Å². The molecule has 0 saturated heterocycles. The van der Waals surface area contributed by atoms with Crippen molar-refractivity contribution in [3.8, 4) is 0 Å². The molecule has 7 nitrogen and oxygen atoms in total. The van der Waals surface area contributed by atoms with Crippen LogP contribution in [0.3, 0.4) is 0 Å². The first-order chi connectivity index (χ1) is 8.48. The first-order valence-electron chi connectivity index (χ1n) is 5.75. The molecular formula is C11H18N4O3. The van der Waals surface area contributed by atoms with E-state index >= 15 is 0 Å². The zero-order valence-corrected chi connectivity index (χ0v) is 10.5. The summed E-state index contributed by atoms with van der Waals surface area (Å²) < 4.78 is 0. The molecule has 0 aromatic carbocycles. The van der Waals surface area contributed by atoms with Crippen LogP contribution in [0.2, 0.25) is 0 Å². The highest BCUT2D eigenvalue weighted by molar-refractivity contribution is 5.85. The van der Waals surface area contributed by atoms with Gasteiger partial charge in [-0.1, -0.05) is 13.3 Å². The van der Waals surface area contributed by atoms with Crippen LogP contribution in [0.15, 0.2) is 12.4 Å². The molecule has 0 aliphatic carbocycles. The molecule has 0 aliphatic heterocycles. The van der Waals surface area contributed by atoms with Crippen LogP contribution in [0.4, 0.5) is 4.79 Å². The maximum atomic E-state index is 11.6. The summed E-state index contributed by atoms with van der Waals surface area (Å²) in [6, 6.07) is -0.505. The van der Waals surface area contributed by atoms with Crippen molar-refractivity contribution in [3.63, 3.8) is 0 Å². The Morgan fingerprint density at radius 2 is 2.28 bits per heavy atom. The van der Waals surface area contributed by atoms with E-state index in [-0.39, 0.29) is 0 Å². The van der Waals surface area contributed by atoms with E-state index in [0.717, 1.165) is 5.56 Å². The highest BCUT2D eigenvalue weighted by Crippen LogP contribution is 2.12. The summed E-state index contributed by atoms with van der Waals surface area (Å²) in [5.41, 5.74) is -0.424. The summed E-state index contributed by atoms with van der Waals surface area (Å²) in [7, 11) is 0. The molecular weight excluding hydrogens is 236 g/mol. The molecule has 1 aromatic rings. The van der Waals surface area contributed by atoms with Crippen LogP contribution in [0, 0.1) is 0 Å². The molecule has 18 heavy (non-hydrogen) atoms. The molecule has 0 aliphatic rings. The third-order valence-corrected chi connectivity index (χ3v) is 2.62. The van der Waals surface area contributed by atoms with Crippen LogP contribution < -0.4 is 10.6 Å². The molecule has 1 atom stereocenters. The van der Waals surface area contributed by atoms with Crippen LogP contribution in [-0.2, 0) is 11.3 Å². The van der Waals surface area contributed by atoms with Gasteiger partial charge in [0.2, 0.25) is 0 Å². The number of carboxylic acids is 1. The minimum atomic E-state index is -1.24. The number of hydrogen-bond acceptors (Lipinski definition) is 3. The van der Waals surface area contributed by atoms with Gasteiger partial charge in [0.05, 0.1) is 6.20 Å². The molecule has 7 heteroatoms. The summed E-state index contributed by atoms with van der Waals surface area (Å²) in [5.74, 6) is -1.04. The third kappa shape index (κ3) is 3.76. The van der Waals surface area contributed by atoms with Crippen LogP contribution in [-0.4, -0.2) is 32.8 Å². The number of rotatable bonds is 6. The second-order valence-corrected chi connectivity index (χ2v) is 4.30. The fourth-order valence-electron chi connectivity index (χ4n) is 1.57. The van der Waals surface area contributed by atoms with E-state index in [1.165, 1.54) is 6.92 Å². The second-order valence-electron chi connectivity index (χ2n) is 4.30. The highest BCUT2D eigenvalue weighted by atomic mass is 16.4. The van der Waals surface area contributed by atoms with Crippen LogP contribution in [0.25, 0.3) is 0 Å². The van der Waals surface area contributed by atoms with Crippen molar-refractivity contribution in [1.82, 2.24) is 20.8 Å². The number of H-pyrrole nitrogens is 1. The minimum Gasteiger partial charge on any atom is -0.480 e. The number of carbonyl (C=O) groups is 2. The molecule has 2 amide bonds. The summed E-state index contributed by atoms with van der Waals surface area (Å²) in [5, 5.41) is 20.5. The number of hydrogen-bond donors (Lipinski definition) is 4. The van der Waals surface area contributed by atoms with Gasteiger partial charge in [-0.15, -0.1) is 0 Å². The number of aromatic amines is 1. The van der Waals surface area contributed by atoms with Crippen molar-refractivity contribution in [3.05, 3.63) is 18.0 Å². The number of carbonyl (C=O) groups excluding carboxylic acids is 1. The van der Waals surface area contributed by atoms with Gasteiger partial charge >= 0.3 is 12.0 Å². The Morgan fingerprint density at radius 3 is 2.78 bits per heavy atom. The molecule has 1 heterocycles. The van der Waals surface area contributed by atoms with Gasteiger partial charge in [-0.25, -0.2) is 9.59 Å². The van der Waals surface area contributed by atoms with Crippen molar-refractivity contribution in [2.75, 3.05) is 0 Å². The first-order valence-corrected chi connectivity index (χ1v) is 5.75. The number of urea groups is 1. The Morgan fingerprint density at radius 1 is 1.56 bits per heavy atom. The predicted molar refractivity (Wildman–Crippen MR) is 64.9 cm³/mol. The maximum Gasteiger partial charge on any atom is 0.329 e. The van der Waals surface area contributed by atoms with Crippen molar-refractivity contribution in [2.24, 2.45) is 0 Å². The monoisotopic (exact) mass is 254 g/mol. The number of aromatic nitrogens is 2. The normalized spacial score (nSPS) is 13.7. The number of carboxylic acid groups (broad SMARTS) is 1. The SMILES string of the molecule is CCCC(C)(NC(=O)NCc1cn[nH]c1)C(=O)O. The second kappa shape index (κ2) is 6.04. The van der Waals surface area contributed by atoms with E-state index in [1.54, 1.807) is 12.4 Å². The van der Waals surface area contributed by atoms with Gasteiger partial charge in [-0.2, -0.15) is 5.10 Å². The molecule has 1 rings (SSSR count). The van der Waals surface area contributed by atoms with Gasteiger partial charge in [-0.05, 0) is 13.3 Å². The lowest BCUT2D eigenvalue weighted by atomic mass is 9.97. The number of nitrogens with one attached hydrogen (secondary N) is 3. The van der Waals surface area contributed by atoms with E-state index in [1.807, 2.05) is 6.92 Å². The van der Waals surface area contributed by atoms with Crippen molar-refractivity contribution in [1.29, 1.82) is 0 Å². The maximum absolute atomic E-state index is 11.6. The molecule has 100 valence electrons. The number of aliphatic carboxylic acids is 1. The van der Waals surface area contributed by atoms with Gasteiger partial charge in [-0.3, -0.25) is 5.10 Å². The molecule has 0 saturated carbocycles. The molecule has 1 aromatic heterocycles. The highest BCUT2D eigenvalue weighted by Gasteiger charge is 2.33. The molecule has 0 spiro atoms. The van der Waals surface area contributed by atoms with E-state index in [2.05, 4.69) is 20.8 Å². The summed E-state index contributed by atoms with van der Waals surface area (Å²) in [4.78, 5) is 22.7. The van der Waals surface area contributed by atoms with Gasteiger partial charge in [0.25, 0.3) is 0 Å². The Hall–Kier alpha value is -2.05. The molecule has 4 N–H and O–H groups in total. The average molecular weight is 254 g/mol. The first kappa shape index (κ1) is 14.0. The lowest BCUT2D eigenvalue weighted by molar-refractivity contribution is -0.144. The fourth-order valence-corrected chi connectivity index (χ4v) is 1.57. The Balaban J connectivity index is 2.49. The zero-order chi connectivity index (χ0) is 13.6. The summed E-state index contributed by atoms with van der Waals surface area (Å²) in [6.45, 7) is 3.66. The smallest absolute Gasteiger partial charge is 0.329 e. The molecule has 0 bridgehead atoms. The number of amides is 2. The van der Waals surface area contributed by atoms with Crippen molar-refractivity contribution >= 4 is 12.0 Å². The van der Waals surface area contributed by atoms with Gasteiger partial charge in [0, 0.05) is 18.3 Å². The zero-order valence-electron chi connectivity index (χ0n) is 10.5. The Bertz CT molecular complexity index is 404. The van der Waals surface area contributed by atoms with Gasteiger partial charge in [0.1, 0.15) is 5.54 Å². The van der Waals surface area contributed by atoms with E-state index in [9.17, 15) is 9.59 Å². The largest absolute Gasteiger partial charge is 0.480 e.